The quantitative estimate of drug-likeness (QED) is 0.871. The maximum Gasteiger partial charge on any atom is 0.257 e. The summed E-state index contributed by atoms with van der Waals surface area (Å²) in [4.78, 5) is 14.6. The number of nitrogens with zero attached hydrogens (tertiary/aromatic N) is 3. The van der Waals surface area contributed by atoms with Gasteiger partial charge in [-0.15, -0.1) is 0 Å². The number of likely N-dealkylation sites (tertiary alicyclic amines) is 1. The zero-order valence-corrected chi connectivity index (χ0v) is 13.3. The number of benzene rings is 1. The molecule has 0 radical (unpaired) electrons. The van der Waals surface area contributed by atoms with E-state index >= 15 is 0 Å². The van der Waals surface area contributed by atoms with Crippen LogP contribution in [0.15, 0.2) is 42.7 Å². The van der Waals surface area contributed by atoms with Crippen LogP contribution >= 0.6 is 0 Å². The highest BCUT2D eigenvalue weighted by molar-refractivity contribution is 5.93. The number of amides is 1. The number of hydrogen-bond acceptors (Lipinski definition) is 2. The number of rotatable bonds is 3. The van der Waals surface area contributed by atoms with E-state index in [1.807, 2.05) is 41.4 Å². The Morgan fingerprint density at radius 2 is 1.86 bits per heavy atom. The first kappa shape index (κ1) is 14.8. The van der Waals surface area contributed by atoms with Crippen LogP contribution in [0.2, 0.25) is 0 Å². The first-order chi connectivity index (χ1) is 10.6. The minimum absolute atomic E-state index is 0.101. The van der Waals surface area contributed by atoms with Crippen LogP contribution < -0.4 is 0 Å². The number of carbonyl (C=O) groups excluding carboxylic acids is 1. The summed E-state index contributed by atoms with van der Waals surface area (Å²) >= 11 is 0. The van der Waals surface area contributed by atoms with Crippen molar-refractivity contribution in [1.29, 1.82) is 0 Å². The normalized spacial score (nSPS) is 16.2. The maximum absolute atomic E-state index is 12.6. The lowest BCUT2D eigenvalue weighted by molar-refractivity contribution is 0.0667. The Morgan fingerprint density at radius 1 is 1.18 bits per heavy atom. The van der Waals surface area contributed by atoms with Crippen molar-refractivity contribution in [3.8, 4) is 5.69 Å². The second-order valence-electron chi connectivity index (χ2n) is 6.38. The van der Waals surface area contributed by atoms with Crippen molar-refractivity contribution in [1.82, 2.24) is 14.7 Å². The molecule has 0 unspecified atom stereocenters. The molecule has 1 aromatic carbocycles. The molecule has 0 bridgehead atoms. The average molecular weight is 297 g/mol. The van der Waals surface area contributed by atoms with Gasteiger partial charge in [0.1, 0.15) is 0 Å². The lowest BCUT2D eigenvalue weighted by atomic mass is 9.86. The van der Waals surface area contributed by atoms with Gasteiger partial charge in [0.15, 0.2) is 0 Å². The molecular weight excluding hydrogens is 274 g/mol. The van der Waals surface area contributed by atoms with Gasteiger partial charge in [0.25, 0.3) is 5.91 Å². The van der Waals surface area contributed by atoms with Gasteiger partial charge in [0, 0.05) is 19.3 Å². The van der Waals surface area contributed by atoms with Gasteiger partial charge in [-0.05, 0) is 36.8 Å². The molecule has 1 fully saturated rings. The molecule has 0 aliphatic carbocycles. The summed E-state index contributed by atoms with van der Waals surface area (Å²) in [6.45, 7) is 6.26. The van der Waals surface area contributed by atoms with E-state index in [-0.39, 0.29) is 5.91 Å². The molecule has 22 heavy (non-hydrogen) atoms. The SMILES string of the molecule is CC(C)C1CCN(C(=O)c2cnn(-c3ccccc3)c2)CC1. The fourth-order valence-electron chi connectivity index (χ4n) is 3.11. The minimum Gasteiger partial charge on any atom is -0.339 e. The van der Waals surface area contributed by atoms with Crippen LogP contribution in [-0.2, 0) is 0 Å². The fourth-order valence-corrected chi connectivity index (χ4v) is 3.11. The standard InChI is InChI=1S/C18H23N3O/c1-14(2)15-8-10-20(11-9-15)18(22)16-12-19-21(13-16)17-6-4-3-5-7-17/h3-7,12-15H,8-11H2,1-2H3. The largest absolute Gasteiger partial charge is 0.339 e. The summed E-state index contributed by atoms with van der Waals surface area (Å²) in [5.41, 5.74) is 1.65. The lowest BCUT2D eigenvalue weighted by Gasteiger charge is -2.33. The second kappa shape index (κ2) is 6.34. The molecule has 0 N–H and O–H groups in total. The first-order valence-electron chi connectivity index (χ1n) is 8.04. The predicted molar refractivity (Wildman–Crippen MR) is 87.0 cm³/mol. The van der Waals surface area contributed by atoms with E-state index in [0.29, 0.717) is 11.5 Å². The predicted octanol–water partition coefficient (Wildman–Crippen LogP) is 3.38. The molecule has 1 aliphatic rings. The third-order valence-electron chi connectivity index (χ3n) is 4.62. The van der Waals surface area contributed by atoms with E-state index in [1.165, 1.54) is 0 Å². The summed E-state index contributed by atoms with van der Waals surface area (Å²) < 4.78 is 1.76. The lowest BCUT2D eigenvalue weighted by Crippen LogP contribution is -2.39. The molecule has 2 heterocycles. The maximum atomic E-state index is 12.6. The van der Waals surface area contributed by atoms with Crippen LogP contribution in [-0.4, -0.2) is 33.7 Å². The van der Waals surface area contributed by atoms with Crippen LogP contribution in [0.4, 0.5) is 0 Å². The Kier molecular flexibility index (Phi) is 4.27. The molecule has 0 atom stereocenters. The van der Waals surface area contributed by atoms with E-state index in [4.69, 9.17) is 0 Å². The third kappa shape index (κ3) is 3.06. The van der Waals surface area contributed by atoms with Gasteiger partial charge in [-0.25, -0.2) is 4.68 Å². The van der Waals surface area contributed by atoms with Gasteiger partial charge >= 0.3 is 0 Å². The van der Waals surface area contributed by atoms with Crippen LogP contribution in [0.3, 0.4) is 0 Å². The molecule has 4 nitrogen and oxygen atoms in total. The summed E-state index contributed by atoms with van der Waals surface area (Å²) in [6.07, 6.45) is 5.71. The Balaban J connectivity index is 1.68. The second-order valence-corrected chi connectivity index (χ2v) is 6.38. The molecular formula is C18H23N3O. The van der Waals surface area contributed by atoms with E-state index in [1.54, 1.807) is 10.9 Å². The van der Waals surface area contributed by atoms with Gasteiger partial charge in [-0.3, -0.25) is 4.79 Å². The van der Waals surface area contributed by atoms with Crippen molar-refractivity contribution in [3.63, 3.8) is 0 Å². The monoisotopic (exact) mass is 297 g/mol. The van der Waals surface area contributed by atoms with Crippen molar-refractivity contribution >= 4 is 5.91 Å². The molecule has 1 aliphatic heterocycles. The highest BCUT2D eigenvalue weighted by Gasteiger charge is 2.25. The Morgan fingerprint density at radius 3 is 2.50 bits per heavy atom. The first-order valence-corrected chi connectivity index (χ1v) is 8.04. The van der Waals surface area contributed by atoms with E-state index in [9.17, 15) is 4.79 Å². The minimum atomic E-state index is 0.101. The number of piperidine rings is 1. The highest BCUT2D eigenvalue weighted by Crippen LogP contribution is 2.25. The summed E-state index contributed by atoms with van der Waals surface area (Å²) in [5, 5.41) is 4.31. The average Bonchev–Trinajstić information content (AvgIpc) is 3.05. The number of carbonyl (C=O) groups is 1. The van der Waals surface area contributed by atoms with Gasteiger partial charge in [-0.2, -0.15) is 5.10 Å². The van der Waals surface area contributed by atoms with Gasteiger partial charge in [0.05, 0.1) is 17.4 Å². The summed E-state index contributed by atoms with van der Waals surface area (Å²) in [7, 11) is 0. The van der Waals surface area contributed by atoms with Crippen molar-refractivity contribution in [3.05, 3.63) is 48.3 Å². The van der Waals surface area contributed by atoms with E-state index in [0.717, 1.165) is 37.5 Å². The molecule has 0 saturated carbocycles. The molecule has 3 rings (SSSR count). The Hall–Kier alpha value is -2.10. The fraction of sp³-hybridized carbons (Fsp3) is 0.444. The van der Waals surface area contributed by atoms with Gasteiger partial charge < -0.3 is 4.90 Å². The zero-order valence-electron chi connectivity index (χ0n) is 13.3. The van der Waals surface area contributed by atoms with Crippen molar-refractivity contribution < 1.29 is 4.79 Å². The number of hydrogen-bond donors (Lipinski definition) is 0. The number of para-hydroxylation sites is 1. The van der Waals surface area contributed by atoms with Crippen LogP contribution in [0, 0.1) is 11.8 Å². The van der Waals surface area contributed by atoms with Crippen LogP contribution in [0.5, 0.6) is 0 Å². The smallest absolute Gasteiger partial charge is 0.257 e. The summed E-state index contributed by atoms with van der Waals surface area (Å²) in [5.74, 6) is 1.55. The Labute approximate surface area is 131 Å². The molecule has 1 amide bonds. The van der Waals surface area contributed by atoms with Crippen molar-refractivity contribution in [2.45, 2.75) is 26.7 Å². The molecule has 2 aromatic rings. The van der Waals surface area contributed by atoms with Gasteiger partial charge in [0.2, 0.25) is 0 Å². The van der Waals surface area contributed by atoms with Gasteiger partial charge in [-0.1, -0.05) is 32.0 Å². The van der Waals surface area contributed by atoms with Crippen molar-refractivity contribution in [2.75, 3.05) is 13.1 Å². The van der Waals surface area contributed by atoms with E-state index in [2.05, 4.69) is 18.9 Å². The van der Waals surface area contributed by atoms with Crippen LogP contribution in [0.25, 0.3) is 5.69 Å². The number of aromatic nitrogens is 2. The topological polar surface area (TPSA) is 38.1 Å². The Bertz CT molecular complexity index is 625. The highest BCUT2D eigenvalue weighted by atomic mass is 16.2. The van der Waals surface area contributed by atoms with Crippen molar-refractivity contribution in [2.24, 2.45) is 11.8 Å². The molecule has 0 spiro atoms. The molecule has 1 saturated heterocycles. The molecule has 116 valence electrons. The zero-order chi connectivity index (χ0) is 15.5. The van der Waals surface area contributed by atoms with Crippen LogP contribution in [0.1, 0.15) is 37.0 Å². The van der Waals surface area contributed by atoms with E-state index < -0.39 is 0 Å². The third-order valence-corrected chi connectivity index (χ3v) is 4.62. The molecule has 4 heteroatoms. The summed E-state index contributed by atoms with van der Waals surface area (Å²) in [6, 6.07) is 9.87. The molecule has 1 aromatic heterocycles.